The summed E-state index contributed by atoms with van der Waals surface area (Å²) in [6.07, 6.45) is 3.85. The first-order valence-corrected chi connectivity index (χ1v) is 10.7. The zero-order valence-electron chi connectivity index (χ0n) is 17.5. The molecule has 1 aliphatic rings. The molecule has 0 N–H and O–H groups in total. The van der Waals surface area contributed by atoms with Crippen molar-refractivity contribution in [3.8, 4) is 5.75 Å². The SMILES string of the molecule is CCCCOc1cccc([C@@H]2c3c(oc4ccccc4c3=O)C(=O)N2CCCC)c1. The minimum atomic E-state index is -0.463. The lowest BCUT2D eigenvalue weighted by molar-refractivity contribution is 0.0725. The third-order valence-corrected chi connectivity index (χ3v) is 5.57. The van der Waals surface area contributed by atoms with Crippen LogP contribution in [0.2, 0.25) is 0 Å². The lowest BCUT2D eigenvalue weighted by atomic mass is 9.98. The van der Waals surface area contributed by atoms with Gasteiger partial charge < -0.3 is 14.1 Å². The van der Waals surface area contributed by atoms with E-state index in [2.05, 4.69) is 13.8 Å². The Morgan fingerprint density at radius 3 is 2.60 bits per heavy atom. The number of carbonyl (C=O) groups is 1. The van der Waals surface area contributed by atoms with E-state index in [0.717, 1.165) is 37.0 Å². The van der Waals surface area contributed by atoms with Gasteiger partial charge >= 0.3 is 0 Å². The van der Waals surface area contributed by atoms with Gasteiger partial charge in [-0.2, -0.15) is 0 Å². The molecule has 0 saturated heterocycles. The Hall–Kier alpha value is -3.08. The number of ether oxygens (including phenoxy) is 1. The average molecular weight is 405 g/mol. The van der Waals surface area contributed by atoms with Gasteiger partial charge in [-0.15, -0.1) is 0 Å². The fourth-order valence-electron chi connectivity index (χ4n) is 3.98. The van der Waals surface area contributed by atoms with Gasteiger partial charge in [-0.05, 0) is 42.7 Å². The minimum absolute atomic E-state index is 0.137. The molecule has 1 aromatic heterocycles. The van der Waals surface area contributed by atoms with Gasteiger partial charge in [0.25, 0.3) is 5.91 Å². The highest BCUT2D eigenvalue weighted by molar-refractivity contribution is 5.99. The molecule has 0 spiro atoms. The van der Waals surface area contributed by atoms with Crippen molar-refractivity contribution < 1.29 is 13.9 Å². The molecule has 0 fully saturated rings. The van der Waals surface area contributed by atoms with Crippen LogP contribution >= 0.6 is 0 Å². The molecule has 3 aromatic rings. The second-order valence-corrected chi connectivity index (χ2v) is 7.70. The molecule has 1 atom stereocenters. The third-order valence-electron chi connectivity index (χ3n) is 5.57. The Bertz CT molecular complexity index is 1120. The molecule has 30 heavy (non-hydrogen) atoms. The molecule has 1 amide bonds. The molecule has 1 aliphatic heterocycles. The molecule has 0 saturated carbocycles. The Balaban J connectivity index is 1.83. The van der Waals surface area contributed by atoms with Gasteiger partial charge in [0, 0.05) is 6.54 Å². The summed E-state index contributed by atoms with van der Waals surface area (Å²) in [7, 11) is 0. The highest BCUT2D eigenvalue weighted by Crippen LogP contribution is 2.39. The smallest absolute Gasteiger partial charge is 0.290 e. The molecule has 2 heterocycles. The Morgan fingerprint density at radius 1 is 1.00 bits per heavy atom. The van der Waals surface area contributed by atoms with Gasteiger partial charge in [0.1, 0.15) is 11.3 Å². The number of para-hydroxylation sites is 1. The number of fused-ring (bicyclic) bond motifs is 2. The van der Waals surface area contributed by atoms with Crippen molar-refractivity contribution in [1.82, 2.24) is 4.90 Å². The maximum atomic E-state index is 13.4. The van der Waals surface area contributed by atoms with E-state index in [1.165, 1.54) is 0 Å². The molecule has 156 valence electrons. The molecule has 0 unspecified atom stereocenters. The van der Waals surface area contributed by atoms with Crippen molar-refractivity contribution in [2.45, 2.75) is 45.6 Å². The van der Waals surface area contributed by atoms with E-state index in [4.69, 9.17) is 9.15 Å². The zero-order chi connectivity index (χ0) is 21.1. The van der Waals surface area contributed by atoms with Gasteiger partial charge in [0.2, 0.25) is 5.76 Å². The second-order valence-electron chi connectivity index (χ2n) is 7.70. The summed E-state index contributed by atoms with van der Waals surface area (Å²) >= 11 is 0. The van der Waals surface area contributed by atoms with Crippen molar-refractivity contribution in [2.24, 2.45) is 0 Å². The van der Waals surface area contributed by atoms with Crippen molar-refractivity contribution in [3.05, 3.63) is 75.6 Å². The fourth-order valence-corrected chi connectivity index (χ4v) is 3.98. The van der Waals surface area contributed by atoms with Crippen LogP contribution in [-0.4, -0.2) is 24.0 Å². The van der Waals surface area contributed by atoms with Crippen LogP contribution in [-0.2, 0) is 0 Å². The minimum Gasteiger partial charge on any atom is -0.494 e. The molecule has 2 aromatic carbocycles. The maximum Gasteiger partial charge on any atom is 0.290 e. The number of unbranched alkanes of at least 4 members (excludes halogenated alkanes) is 2. The summed E-state index contributed by atoms with van der Waals surface area (Å²) in [5.41, 5.74) is 1.61. The first-order valence-electron chi connectivity index (χ1n) is 10.7. The number of carbonyl (C=O) groups excluding carboxylic acids is 1. The summed E-state index contributed by atoms with van der Waals surface area (Å²) in [6, 6.07) is 14.4. The average Bonchev–Trinajstić information content (AvgIpc) is 3.05. The molecular weight excluding hydrogens is 378 g/mol. The topological polar surface area (TPSA) is 59.8 Å². The van der Waals surface area contributed by atoms with Crippen LogP contribution in [0.3, 0.4) is 0 Å². The van der Waals surface area contributed by atoms with E-state index in [1.807, 2.05) is 30.3 Å². The zero-order valence-corrected chi connectivity index (χ0v) is 17.5. The molecule has 5 nitrogen and oxygen atoms in total. The van der Waals surface area contributed by atoms with Gasteiger partial charge in [-0.3, -0.25) is 9.59 Å². The summed E-state index contributed by atoms with van der Waals surface area (Å²) in [5.74, 6) is 0.697. The summed E-state index contributed by atoms with van der Waals surface area (Å²) < 4.78 is 11.8. The van der Waals surface area contributed by atoms with E-state index in [1.54, 1.807) is 23.1 Å². The molecule has 4 rings (SSSR count). The van der Waals surface area contributed by atoms with Gasteiger partial charge in [0.05, 0.1) is 23.6 Å². The first-order chi connectivity index (χ1) is 14.7. The Labute approximate surface area is 176 Å². The highest BCUT2D eigenvalue weighted by Gasteiger charge is 2.42. The fraction of sp³-hybridized carbons (Fsp3) is 0.360. The Kier molecular flexibility index (Phi) is 5.88. The van der Waals surface area contributed by atoms with E-state index < -0.39 is 6.04 Å². The normalized spacial score (nSPS) is 15.6. The first kappa shape index (κ1) is 20.2. The van der Waals surface area contributed by atoms with Crippen LogP contribution in [0.4, 0.5) is 0 Å². The van der Waals surface area contributed by atoms with Crippen molar-refractivity contribution in [3.63, 3.8) is 0 Å². The van der Waals surface area contributed by atoms with Crippen LogP contribution in [0, 0.1) is 0 Å². The van der Waals surface area contributed by atoms with Crippen LogP contribution < -0.4 is 10.2 Å². The summed E-state index contributed by atoms with van der Waals surface area (Å²) in [6.45, 7) is 5.42. The van der Waals surface area contributed by atoms with Crippen LogP contribution in [0.1, 0.15) is 67.3 Å². The van der Waals surface area contributed by atoms with E-state index in [0.29, 0.717) is 29.7 Å². The van der Waals surface area contributed by atoms with Crippen molar-refractivity contribution >= 4 is 16.9 Å². The number of hydrogen-bond acceptors (Lipinski definition) is 4. The number of rotatable bonds is 8. The second kappa shape index (κ2) is 8.74. The van der Waals surface area contributed by atoms with E-state index >= 15 is 0 Å². The quantitative estimate of drug-likeness (QED) is 0.476. The Morgan fingerprint density at radius 2 is 1.80 bits per heavy atom. The number of amides is 1. The van der Waals surface area contributed by atoms with Crippen molar-refractivity contribution in [1.29, 1.82) is 0 Å². The van der Waals surface area contributed by atoms with Crippen LogP contribution in [0.15, 0.2) is 57.7 Å². The summed E-state index contributed by atoms with van der Waals surface area (Å²) in [4.78, 5) is 28.4. The molecule has 0 aliphatic carbocycles. The number of hydrogen-bond donors (Lipinski definition) is 0. The predicted molar refractivity (Wildman–Crippen MR) is 117 cm³/mol. The van der Waals surface area contributed by atoms with Gasteiger partial charge in [-0.25, -0.2) is 0 Å². The lowest BCUT2D eigenvalue weighted by Crippen LogP contribution is -2.30. The molecule has 0 bridgehead atoms. The lowest BCUT2D eigenvalue weighted by Gasteiger charge is -2.25. The largest absolute Gasteiger partial charge is 0.494 e. The van der Waals surface area contributed by atoms with Crippen molar-refractivity contribution in [2.75, 3.05) is 13.2 Å². The predicted octanol–water partition coefficient (Wildman–Crippen LogP) is 5.32. The van der Waals surface area contributed by atoms with Gasteiger partial charge in [0.15, 0.2) is 5.43 Å². The summed E-state index contributed by atoms with van der Waals surface area (Å²) in [5, 5.41) is 0.502. The monoisotopic (exact) mass is 405 g/mol. The molecule has 5 heteroatoms. The number of benzene rings is 2. The number of nitrogens with zero attached hydrogens (tertiary/aromatic N) is 1. The van der Waals surface area contributed by atoms with Crippen LogP contribution in [0.5, 0.6) is 5.75 Å². The van der Waals surface area contributed by atoms with E-state index in [-0.39, 0.29) is 17.1 Å². The highest BCUT2D eigenvalue weighted by atomic mass is 16.5. The van der Waals surface area contributed by atoms with Crippen LogP contribution in [0.25, 0.3) is 11.0 Å². The molecule has 0 radical (unpaired) electrons. The maximum absolute atomic E-state index is 13.4. The third kappa shape index (κ3) is 3.60. The molecular formula is C25H27NO4. The van der Waals surface area contributed by atoms with E-state index in [9.17, 15) is 9.59 Å². The van der Waals surface area contributed by atoms with Gasteiger partial charge in [-0.1, -0.05) is 51.0 Å². The standard InChI is InChI=1S/C25H27NO4/c1-3-5-14-26-22(17-10-9-11-18(16-17)29-15-6-4-2)21-23(27)19-12-7-8-13-20(19)30-24(21)25(26)28/h7-13,16,22H,3-6,14-15H2,1-2H3/t22-/m1/s1.